The molecule has 3 N–H and O–H groups in total. The van der Waals surface area contributed by atoms with Crippen LogP contribution in [0.2, 0.25) is 5.02 Å². The van der Waals surface area contributed by atoms with E-state index in [0.717, 1.165) is 4.47 Å². The monoisotopic (exact) mass is 357 g/mol. The van der Waals surface area contributed by atoms with Gasteiger partial charge in [-0.3, -0.25) is 10.1 Å². The van der Waals surface area contributed by atoms with Crippen LogP contribution in [0.25, 0.3) is 0 Å². The fraction of sp³-hybridized carbons (Fsp3) is 0.0909. The molecule has 7 nitrogen and oxygen atoms in total. The fourth-order valence-corrected chi connectivity index (χ4v) is 2.33. The summed E-state index contributed by atoms with van der Waals surface area (Å²) in [7, 11) is 0. The lowest BCUT2D eigenvalue weighted by Gasteiger charge is -2.09. The molecule has 2 aromatic rings. The summed E-state index contributed by atoms with van der Waals surface area (Å²) in [6.07, 6.45) is 0. The Hall–Kier alpha value is -1.93. The number of hydrogen-bond donors (Lipinski definition) is 2. The van der Waals surface area contributed by atoms with Gasteiger partial charge in [-0.1, -0.05) is 27.5 Å². The Morgan fingerprint density at radius 1 is 1.45 bits per heavy atom. The molecule has 0 aliphatic carbocycles. The van der Waals surface area contributed by atoms with E-state index < -0.39 is 4.92 Å². The van der Waals surface area contributed by atoms with Crippen molar-refractivity contribution < 1.29 is 4.92 Å². The molecule has 9 heteroatoms. The Bertz CT molecular complexity index is 695. The molecule has 0 atom stereocenters. The van der Waals surface area contributed by atoms with E-state index in [2.05, 4.69) is 31.2 Å². The number of rotatable bonds is 3. The normalized spacial score (nSPS) is 10.3. The first-order valence-corrected chi connectivity index (χ1v) is 6.56. The Morgan fingerprint density at radius 3 is 2.75 bits per heavy atom. The molecule has 0 saturated carbocycles. The lowest BCUT2D eigenvalue weighted by molar-refractivity contribution is -0.385. The fourth-order valence-electron chi connectivity index (χ4n) is 1.61. The van der Waals surface area contributed by atoms with E-state index in [4.69, 9.17) is 17.3 Å². The molecule has 0 amide bonds. The zero-order valence-corrected chi connectivity index (χ0v) is 12.6. The van der Waals surface area contributed by atoms with Crippen LogP contribution in [0, 0.1) is 17.0 Å². The van der Waals surface area contributed by atoms with Gasteiger partial charge < -0.3 is 11.1 Å². The molecule has 1 heterocycles. The maximum Gasteiger partial charge on any atom is 0.332 e. The predicted molar refractivity (Wildman–Crippen MR) is 80.3 cm³/mol. The van der Waals surface area contributed by atoms with E-state index in [1.54, 1.807) is 18.2 Å². The zero-order valence-electron chi connectivity index (χ0n) is 10.2. The van der Waals surface area contributed by atoms with Crippen molar-refractivity contribution in [3.63, 3.8) is 0 Å². The number of aromatic nitrogens is 2. The SMILES string of the molecule is Cc1nc(N)nc(Nc2ccc(Br)cc2Cl)c1[N+](=O)[O-]. The number of benzene rings is 1. The van der Waals surface area contributed by atoms with Crippen LogP contribution in [0.5, 0.6) is 0 Å². The van der Waals surface area contributed by atoms with Gasteiger partial charge in [0.05, 0.1) is 15.6 Å². The number of halogens is 2. The van der Waals surface area contributed by atoms with Crippen molar-refractivity contribution in [1.82, 2.24) is 9.97 Å². The average molecular weight is 359 g/mol. The number of aryl methyl sites for hydroxylation is 1. The van der Waals surface area contributed by atoms with Gasteiger partial charge in [-0.25, -0.2) is 4.98 Å². The van der Waals surface area contributed by atoms with Gasteiger partial charge in [0, 0.05) is 4.47 Å². The molecule has 0 spiro atoms. The standard InChI is InChI=1S/C11H9BrClN5O2/c1-5-9(18(19)20)10(17-11(14)15-5)16-8-3-2-6(12)4-7(8)13/h2-4H,1H3,(H3,14,15,16,17). The van der Waals surface area contributed by atoms with Crippen LogP contribution in [0.4, 0.5) is 23.1 Å². The van der Waals surface area contributed by atoms with Crippen LogP contribution < -0.4 is 11.1 Å². The molecule has 0 aliphatic rings. The summed E-state index contributed by atoms with van der Waals surface area (Å²) >= 11 is 9.33. The maximum atomic E-state index is 11.1. The third-order valence-electron chi connectivity index (χ3n) is 2.44. The minimum absolute atomic E-state index is 0.00391. The topological polar surface area (TPSA) is 107 Å². The van der Waals surface area contributed by atoms with Crippen molar-refractivity contribution in [3.05, 3.63) is 43.5 Å². The van der Waals surface area contributed by atoms with E-state index in [9.17, 15) is 10.1 Å². The van der Waals surface area contributed by atoms with Crippen LogP contribution in [0.1, 0.15) is 5.69 Å². The zero-order chi connectivity index (χ0) is 14.9. The highest BCUT2D eigenvalue weighted by Gasteiger charge is 2.22. The first kappa shape index (κ1) is 14.5. The Balaban J connectivity index is 2.50. The Kier molecular flexibility index (Phi) is 4.05. The van der Waals surface area contributed by atoms with Gasteiger partial charge in [0.15, 0.2) is 0 Å². The lowest BCUT2D eigenvalue weighted by Crippen LogP contribution is -2.07. The molecule has 0 unspecified atom stereocenters. The van der Waals surface area contributed by atoms with Gasteiger partial charge >= 0.3 is 5.69 Å². The summed E-state index contributed by atoms with van der Waals surface area (Å²) in [6.45, 7) is 1.49. The summed E-state index contributed by atoms with van der Waals surface area (Å²) in [5, 5.41) is 14.3. The van der Waals surface area contributed by atoms with E-state index in [1.165, 1.54) is 6.92 Å². The van der Waals surface area contributed by atoms with Crippen LogP contribution in [-0.2, 0) is 0 Å². The van der Waals surface area contributed by atoms with Gasteiger partial charge in [0.2, 0.25) is 11.8 Å². The minimum atomic E-state index is -0.566. The van der Waals surface area contributed by atoms with Crippen molar-refractivity contribution in [2.45, 2.75) is 6.92 Å². The van der Waals surface area contributed by atoms with E-state index in [1.807, 2.05) is 0 Å². The highest BCUT2D eigenvalue weighted by molar-refractivity contribution is 9.10. The molecule has 104 valence electrons. The van der Waals surface area contributed by atoms with Gasteiger partial charge in [-0.15, -0.1) is 0 Å². The molecule has 1 aromatic carbocycles. The number of nitrogens with one attached hydrogen (secondary N) is 1. The molecule has 0 saturated heterocycles. The highest BCUT2D eigenvalue weighted by Crippen LogP contribution is 2.32. The second kappa shape index (κ2) is 5.59. The first-order chi connectivity index (χ1) is 9.38. The largest absolute Gasteiger partial charge is 0.368 e. The maximum absolute atomic E-state index is 11.1. The molecule has 2 rings (SSSR count). The summed E-state index contributed by atoms with van der Waals surface area (Å²) < 4.78 is 0.793. The van der Waals surface area contributed by atoms with Crippen molar-refractivity contribution in [3.8, 4) is 0 Å². The number of anilines is 3. The number of nitrogens with zero attached hydrogens (tertiary/aromatic N) is 3. The molecule has 20 heavy (non-hydrogen) atoms. The van der Waals surface area contributed by atoms with Crippen LogP contribution in [-0.4, -0.2) is 14.9 Å². The molecule has 0 radical (unpaired) electrons. The van der Waals surface area contributed by atoms with Gasteiger partial charge in [-0.05, 0) is 25.1 Å². The highest BCUT2D eigenvalue weighted by atomic mass is 79.9. The van der Waals surface area contributed by atoms with Gasteiger partial charge in [0.25, 0.3) is 0 Å². The molecular weight excluding hydrogens is 350 g/mol. The predicted octanol–water partition coefficient (Wildman–Crippen LogP) is 3.43. The summed E-state index contributed by atoms with van der Waals surface area (Å²) in [5.74, 6) is -0.0481. The second-order valence-corrected chi connectivity index (χ2v) is 5.19. The number of nitrogens with two attached hydrogens (primary N) is 1. The van der Waals surface area contributed by atoms with Crippen molar-refractivity contribution in [2.24, 2.45) is 0 Å². The lowest BCUT2D eigenvalue weighted by atomic mass is 10.3. The first-order valence-electron chi connectivity index (χ1n) is 5.39. The van der Waals surface area contributed by atoms with E-state index in [-0.39, 0.29) is 23.1 Å². The van der Waals surface area contributed by atoms with Crippen molar-refractivity contribution in [2.75, 3.05) is 11.1 Å². The van der Waals surface area contributed by atoms with E-state index in [0.29, 0.717) is 10.7 Å². The quantitative estimate of drug-likeness (QED) is 0.643. The van der Waals surface area contributed by atoms with E-state index >= 15 is 0 Å². The Morgan fingerprint density at radius 2 is 2.15 bits per heavy atom. The smallest absolute Gasteiger partial charge is 0.332 e. The second-order valence-electron chi connectivity index (χ2n) is 3.87. The van der Waals surface area contributed by atoms with Crippen molar-refractivity contribution >= 4 is 50.7 Å². The summed E-state index contributed by atoms with van der Waals surface area (Å²) in [6, 6.07) is 5.08. The molecule has 0 bridgehead atoms. The average Bonchev–Trinajstić information content (AvgIpc) is 2.31. The summed E-state index contributed by atoms with van der Waals surface area (Å²) in [4.78, 5) is 18.2. The number of hydrogen-bond acceptors (Lipinski definition) is 6. The van der Waals surface area contributed by atoms with Crippen LogP contribution in [0.3, 0.4) is 0 Å². The third-order valence-corrected chi connectivity index (χ3v) is 3.25. The summed E-state index contributed by atoms with van der Waals surface area (Å²) in [5.41, 5.74) is 5.94. The van der Waals surface area contributed by atoms with Crippen LogP contribution >= 0.6 is 27.5 Å². The molecular formula is C11H9BrClN5O2. The van der Waals surface area contributed by atoms with Gasteiger partial charge in [0.1, 0.15) is 5.69 Å². The number of nitrogen functional groups attached to an aromatic ring is 1. The number of nitro groups is 1. The molecule has 0 fully saturated rings. The van der Waals surface area contributed by atoms with Crippen molar-refractivity contribution in [1.29, 1.82) is 0 Å². The third kappa shape index (κ3) is 2.97. The molecule has 0 aliphatic heterocycles. The minimum Gasteiger partial charge on any atom is -0.368 e. The Labute approximate surface area is 127 Å². The van der Waals surface area contributed by atoms with Crippen LogP contribution in [0.15, 0.2) is 22.7 Å². The molecule has 1 aromatic heterocycles. The van der Waals surface area contributed by atoms with Gasteiger partial charge in [-0.2, -0.15) is 4.98 Å².